The average molecular weight is 484 g/mol. The summed E-state index contributed by atoms with van der Waals surface area (Å²) in [5.41, 5.74) is 7.43. The van der Waals surface area contributed by atoms with E-state index in [-0.39, 0.29) is 5.92 Å². The van der Waals surface area contributed by atoms with Crippen LogP contribution in [0.5, 0.6) is 17.2 Å². The van der Waals surface area contributed by atoms with Gasteiger partial charge in [0.1, 0.15) is 19.4 Å². The molecule has 7 heteroatoms. The number of methoxy groups -OCH3 is 2. The van der Waals surface area contributed by atoms with Crippen molar-refractivity contribution in [2.75, 3.05) is 32.2 Å². The maximum Gasteiger partial charge on any atom is 0.310 e. The highest BCUT2D eigenvalue weighted by molar-refractivity contribution is 5.99. The molecule has 0 radical (unpaired) electrons. The molecule has 0 bridgehead atoms. The smallest absolute Gasteiger partial charge is 0.310 e. The largest absolute Gasteiger partial charge is 0.493 e. The van der Waals surface area contributed by atoms with E-state index in [9.17, 15) is 9.90 Å². The molecule has 0 atom stereocenters. The Balaban J connectivity index is 1.56. The molecular formula is C29H27N2O5+. The molecule has 1 saturated heterocycles. The maximum atomic E-state index is 11.2. The molecule has 36 heavy (non-hydrogen) atoms. The minimum absolute atomic E-state index is 0.313. The number of fused-ring (bicyclic) bond motifs is 4. The number of hydrogen-bond acceptors (Lipinski definition) is 5. The van der Waals surface area contributed by atoms with Gasteiger partial charge < -0.3 is 24.2 Å². The lowest BCUT2D eigenvalue weighted by Crippen LogP contribution is -2.50. The van der Waals surface area contributed by atoms with Crippen LogP contribution >= 0.6 is 0 Å². The molecule has 4 aromatic rings. The maximum absolute atomic E-state index is 11.2. The third-order valence-corrected chi connectivity index (χ3v) is 7.31. The van der Waals surface area contributed by atoms with Crippen molar-refractivity contribution < 1.29 is 28.7 Å². The standard InChI is InChI=1S/C29H26N2O5/c1-30-23-13-26(35-3)25(34-2)12-21(23)27(17-7-5-4-6-8-17)22-16-36-24-11-19(9-10-20(24)28(22)30)31-14-18(15-31)29(32)33/h4-13,18H,14-16H2,1-3H3/p+1. The molecule has 2 aliphatic heterocycles. The predicted molar refractivity (Wildman–Crippen MR) is 137 cm³/mol. The zero-order chi connectivity index (χ0) is 25.0. The van der Waals surface area contributed by atoms with Crippen molar-refractivity contribution in [2.24, 2.45) is 13.0 Å². The Labute approximate surface area is 209 Å². The fourth-order valence-electron chi connectivity index (χ4n) is 5.39. The quantitative estimate of drug-likeness (QED) is 0.424. The summed E-state index contributed by atoms with van der Waals surface area (Å²) < 4.78 is 19.8. The van der Waals surface area contributed by atoms with Gasteiger partial charge in [0.25, 0.3) is 0 Å². The number of rotatable bonds is 5. The van der Waals surface area contributed by atoms with Crippen molar-refractivity contribution in [3.8, 4) is 39.6 Å². The molecule has 7 nitrogen and oxygen atoms in total. The first kappa shape index (κ1) is 22.2. The molecule has 2 aliphatic rings. The fourth-order valence-corrected chi connectivity index (χ4v) is 5.39. The minimum atomic E-state index is -0.742. The van der Waals surface area contributed by atoms with Gasteiger partial charge in [-0.05, 0) is 23.8 Å². The Morgan fingerprint density at radius 3 is 2.44 bits per heavy atom. The SMILES string of the molecule is COc1cc2c(-c3ccccc3)c3c([n+](C)c2cc1OC)-c1ccc(N2CC(C(=O)O)C2)cc1OC3. The lowest BCUT2D eigenvalue weighted by molar-refractivity contribution is -0.634. The monoisotopic (exact) mass is 483 g/mol. The number of ether oxygens (including phenoxy) is 3. The fraction of sp³-hybridized carbons (Fsp3) is 0.241. The van der Waals surface area contributed by atoms with E-state index in [4.69, 9.17) is 14.2 Å². The van der Waals surface area contributed by atoms with Crippen LogP contribution in [0.15, 0.2) is 60.7 Å². The van der Waals surface area contributed by atoms with Crippen LogP contribution in [0.1, 0.15) is 5.56 Å². The second-order valence-electron chi connectivity index (χ2n) is 9.26. The molecule has 0 aliphatic carbocycles. The van der Waals surface area contributed by atoms with Crippen molar-refractivity contribution >= 4 is 22.6 Å². The number of carbonyl (C=O) groups is 1. The summed E-state index contributed by atoms with van der Waals surface area (Å²) in [6.07, 6.45) is 0. The van der Waals surface area contributed by atoms with Gasteiger partial charge in [-0.1, -0.05) is 30.3 Å². The molecular weight excluding hydrogens is 456 g/mol. The first-order valence-electron chi connectivity index (χ1n) is 11.9. The highest BCUT2D eigenvalue weighted by Crippen LogP contribution is 2.45. The van der Waals surface area contributed by atoms with E-state index in [0.29, 0.717) is 31.2 Å². The zero-order valence-electron chi connectivity index (χ0n) is 20.4. The van der Waals surface area contributed by atoms with Gasteiger partial charge in [0.05, 0.1) is 42.7 Å². The van der Waals surface area contributed by atoms with Gasteiger partial charge in [0, 0.05) is 30.4 Å². The van der Waals surface area contributed by atoms with Crippen molar-refractivity contribution in [1.29, 1.82) is 0 Å². The van der Waals surface area contributed by atoms with Crippen LogP contribution < -0.4 is 23.7 Å². The number of aliphatic carboxylic acids is 1. The Morgan fingerprint density at radius 2 is 1.75 bits per heavy atom. The van der Waals surface area contributed by atoms with Gasteiger partial charge in [0.15, 0.2) is 11.5 Å². The highest BCUT2D eigenvalue weighted by atomic mass is 16.5. The third-order valence-electron chi connectivity index (χ3n) is 7.31. The first-order valence-corrected chi connectivity index (χ1v) is 11.9. The van der Waals surface area contributed by atoms with E-state index < -0.39 is 5.97 Å². The van der Waals surface area contributed by atoms with Crippen LogP contribution in [-0.2, 0) is 18.4 Å². The molecule has 0 amide bonds. The van der Waals surface area contributed by atoms with E-state index in [1.165, 1.54) is 0 Å². The number of pyridine rings is 1. The van der Waals surface area contributed by atoms with E-state index in [1.54, 1.807) is 14.2 Å². The molecule has 1 aromatic heterocycles. The number of aromatic nitrogens is 1. The van der Waals surface area contributed by atoms with E-state index in [0.717, 1.165) is 50.3 Å². The molecule has 0 saturated carbocycles. The summed E-state index contributed by atoms with van der Waals surface area (Å²) in [5, 5.41) is 10.3. The van der Waals surface area contributed by atoms with Crippen molar-refractivity contribution in [2.45, 2.75) is 6.61 Å². The van der Waals surface area contributed by atoms with Gasteiger partial charge in [-0.15, -0.1) is 0 Å². The molecule has 3 aromatic carbocycles. The zero-order valence-corrected chi connectivity index (χ0v) is 20.4. The van der Waals surface area contributed by atoms with E-state index >= 15 is 0 Å². The average Bonchev–Trinajstić information content (AvgIpc) is 2.87. The number of aryl methyl sites for hydroxylation is 1. The summed E-state index contributed by atoms with van der Waals surface area (Å²) in [5.74, 6) is 1.10. The Bertz CT molecular complexity index is 1510. The summed E-state index contributed by atoms with van der Waals surface area (Å²) >= 11 is 0. The Hall–Kier alpha value is -4.26. The molecule has 6 rings (SSSR count). The van der Waals surface area contributed by atoms with Crippen molar-refractivity contribution in [3.63, 3.8) is 0 Å². The van der Waals surface area contributed by atoms with Crippen LogP contribution in [-0.4, -0.2) is 38.4 Å². The van der Waals surface area contributed by atoms with Crippen molar-refractivity contribution in [1.82, 2.24) is 0 Å². The van der Waals surface area contributed by atoms with Crippen LogP contribution in [0, 0.1) is 5.92 Å². The van der Waals surface area contributed by atoms with E-state index in [2.05, 4.69) is 40.8 Å². The minimum Gasteiger partial charge on any atom is -0.493 e. The van der Waals surface area contributed by atoms with Gasteiger partial charge >= 0.3 is 5.97 Å². The number of carboxylic acid groups (broad SMARTS) is 1. The third kappa shape index (κ3) is 3.34. The van der Waals surface area contributed by atoms with Crippen LogP contribution in [0.4, 0.5) is 5.69 Å². The van der Waals surface area contributed by atoms with Crippen LogP contribution in [0.3, 0.4) is 0 Å². The van der Waals surface area contributed by atoms with Gasteiger partial charge in [-0.2, -0.15) is 4.57 Å². The molecule has 0 spiro atoms. The topological polar surface area (TPSA) is 72.1 Å². The van der Waals surface area contributed by atoms with Gasteiger partial charge in [-0.3, -0.25) is 4.79 Å². The Kier molecular flexibility index (Phi) is 5.21. The number of carboxylic acids is 1. The lowest BCUT2D eigenvalue weighted by Gasteiger charge is -2.39. The number of anilines is 1. The van der Waals surface area contributed by atoms with Crippen LogP contribution in [0.2, 0.25) is 0 Å². The summed E-state index contributed by atoms with van der Waals surface area (Å²) in [7, 11) is 5.37. The molecule has 182 valence electrons. The highest BCUT2D eigenvalue weighted by Gasteiger charge is 2.35. The summed E-state index contributed by atoms with van der Waals surface area (Å²) in [6, 6.07) is 20.6. The van der Waals surface area contributed by atoms with Gasteiger partial charge in [-0.25, -0.2) is 0 Å². The second kappa shape index (κ2) is 8.45. The first-order chi connectivity index (χ1) is 17.5. The van der Waals surface area contributed by atoms with Crippen molar-refractivity contribution in [3.05, 3.63) is 66.2 Å². The van der Waals surface area contributed by atoms with Crippen LogP contribution in [0.25, 0.3) is 33.3 Å². The lowest BCUT2D eigenvalue weighted by atomic mass is 9.90. The number of nitrogens with zero attached hydrogens (tertiary/aromatic N) is 2. The molecule has 0 unspecified atom stereocenters. The molecule has 1 fully saturated rings. The van der Waals surface area contributed by atoms with E-state index in [1.807, 2.05) is 36.4 Å². The summed E-state index contributed by atoms with van der Waals surface area (Å²) in [4.78, 5) is 13.3. The number of benzene rings is 3. The predicted octanol–water partition coefficient (Wildman–Crippen LogP) is 4.43. The second-order valence-corrected chi connectivity index (χ2v) is 9.26. The normalized spacial score (nSPS) is 14.5. The number of hydrogen-bond donors (Lipinski definition) is 1. The molecule has 1 N–H and O–H groups in total. The Morgan fingerprint density at radius 1 is 1.03 bits per heavy atom. The van der Waals surface area contributed by atoms with Gasteiger partial charge in [0.2, 0.25) is 11.2 Å². The summed E-state index contributed by atoms with van der Waals surface area (Å²) in [6.45, 7) is 1.46. The molecule has 3 heterocycles.